The Balaban J connectivity index is 1.86. The highest BCUT2D eigenvalue weighted by molar-refractivity contribution is 7.98. The number of aliphatic hydroxyl groups excluding tert-OH is 1. The van der Waals surface area contributed by atoms with Crippen LogP contribution in [-0.4, -0.2) is 21.4 Å². The van der Waals surface area contributed by atoms with Crippen molar-refractivity contribution in [2.24, 2.45) is 0 Å². The highest BCUT2D eigenvalue weighted by atomic mass is 32.2. The maximum Gasteiger partial charge on any atom is 0.229 e. The Bertz CT molecular complexity index is 547. The van der Waals surface area contributed by atoms with E-state index in [2.05, 4.69) is 10.1 Å². The lowest BCUT2D eigenvalue weighted by Gasteiger charge is -2.03. The van der Waals surface area contributed by atoms with E-state index < -0.39 is 6.10 Å². The van der Waals surface area contributed by atoms with Gasteiger partial charge in [-0.3, -0.25) is 0 Å². The van der Waals surface area contributed by atoms with Crippen LogP contribution in [0.25, 0.3) is 0 Å². The first kappa shape index (κ1) is 15.0. The number of hydrogen-bond acceptors (Lipinski definition) is 5. The predicted molar refractivity (Wildman–Crippen MR) is 74.9 cm³/mol. The molecule has 1 unspecified atom stereocenters. The van der Waals surface area contributed by atoms with Crippen LogP contribution in [0.5, 0.6) is 0 Å². The Labute approximate surface area is 121 Å². The average molecular weight is 296 g/mol. The molecule has 1 heterocycles. The van der Waals surface area contributed by atoms with Gasteiger partial charge in [0.1, 0.15) is 5.82 Å². The van der Waals surface area contributed by atoms with E-state index >= 15 is 0 Å². The van der Waals surface area contributed by atoms with Gasteiger partial charge in [0, 0.05) is 4.90 Å². The molecule has 0 spiro atoms. The first-order valence-electron chi connectivity index (χ1n) is 6.55. The molecule has 20 heavy (non-hydrogen) atoms. The fourth-order valence-corrected chi connectivity index (χ4v) is 2.56. The van der Waals surface area contributed by atoms with Crippen LogP contribution in [0.15, 0.2) is 33.7 Å². The molecule has 2 rings (SSSR count). The van der Waals surface area contributed by atoms with Gasteiger partial charge in [-0.25, -0.2) is 4.39 Å². The summed E-state index contributed by atoms with van der Waals surface area (Å²) in [6.45, 7) is 2.01. The van der Waals surface area contributed by atoms with Gasteiger partial charge in [-0.1, -0.05) is 24.6 Å². The zero-order valence-corrected chi connectivity index (χ0v) is 12.1. The molecule has 0 fully saturated rings. The van der Waals surface area contributed by atoms with Crippen molar-refractivity contribution in [2.45, 2.75) is 42.9 Å². The molecule has 6 heteroatoms. The molecule has 1 N–H and O–H groups in total. The Kier molecular flexibility index (Phi) is 5.55. The molecule has 108 valence electrons. The minimum atomic E-state index is -0.441. The van der Waals surface area contributed by atoms with Crippen LogP contribution in [0, 0.1) is 5.82 Å². The second-order valence-electron chi connectivity index (χ2n) is 4.50. The molecule has 0 amide bonds. The van der Waals surface area contributed by atoms with Crippen molar-refractivity contribution in [3.63, 3.8) is 0 Å². The van der Waals surface area contributed by atoms with Crippen molar-refractivity contribution < 1.29 is 14.0 Å². The summed E-state index contributed by atoms with van der Waals surface area (Å²) in [6.07, 6.45) is 1.57. The summed E-state index contributed by atoms with van der Waals surface area (Å²) in [5.74, 6) is 1.25. The lowest BCUT2D eigenvalue weighted by Crippen LogP contribution is -2.09. The lowest BCUT2D eigenvalue weighted by molar-refractivity contribution is 0.151. The minimum absolute atomic E-state index is 0.258. The third-order valence-electron chi connectivity index (χ3n) is 2.71. The van der Waals surface area contributed by atoms with E-state index in [4.69, 9.17) is 4.52 Å². The Morgan fingerprint density at radius 1 is 1.45 bits per heavy atom. The first-order valence-corrected chi connectivity index (χ1v) is 7.54. The van der Waals surface area contributed by atoms with E-state index in [0.29, 0.717) is 23.9 Å². The molecule has 1 aromatic carbocycles. The van der Waals surface area contributed by atoms with Gasteiger partial charge in [-0.15, -0.1) is 11.8 Å². The third kappa shape index (κ3) is 4.61. The highest BCUT2D eigenvalue weighted by Gasteiger charge is 2.11. The normalized spacial score (nSPS) is 12.6. The Morgan fingerprint density at radius 3 is 3.05 bits per heavy atom. The molecule has 0 saturated heterocycles. The van der Waals surface area contributed by atoms with Crippen LogP contribution in [0.2, 0.25) is 0 Å². The molecule has 0 saturated carbocycles. The lowest BCUT2D eigenvalue weighted by atomic mass is 10.1. The summed E-state index contributed by atoms with van der Waals surface area (Å²) in [5, 5.41) is 13.5. The van der Waals surface area contributed by atoms with Crippen LogP contribution < -0.4 is 0 Å². The zero-order chi connectivity index (χ0) is 14.4. The summed E-state index contributed by atoms with van der Waals surface area (Å²) in [5.41, 5.74) is 0. The molecule has 0 bridgehead atoms. The molecular formula is C14H17FN2O2S. The van der Waals surface area contributed by atoms with Gasteiger partial charge < -0.3 is 9.63 Å². The molecule has 0 aliphatic heterocycles. The van der Waals surface area contributed by atoms with Crippen molar-refractivity contribution in [1.82, 2.24) is 10.1 Å². The van der Waals surface area contributed by atoms with Gasteiger partial charge in [0.2, 0.25) is 5.89 Å². The van der Waals surface area contributed by atoms with E-state index in [9.17, 15) is 9.50 Å². The van der Waals surface area contributed by atoms with Crippen LogP contribution in [0.1, 0.15) is 31.5 Å². The molecule has 0 aliphatic rings. The molecule has 2 aromatic rings. The number of aliphatic hydroxyl groups is 1. The summed E-state index contributed by atoms with van der Waals surface area (Å²) >= 11 is 1.44. The number of thioether (sulfide) groups is 1. The van der Waals surface area contributed by atoms with Crippen molar-refractivity contribution in [3.05, 3.63) is 41.8 Å². The van der Waals surface area contributed by atoms with Crippen LogP contribution >= 0.6 is 11.8 Å². The van der Waals surface area contributed by atoms with E-state index in [-0.39, 0.29) is 5.82 Å². The first-order chi connectivity index (χ1) is 9.67. The quantitative estimate of drug-likeness (QED) is 0.795. The van der Waals surface area contributed by atoms with Crippen molar-refractivity contribution in [3.8, 4) is 0 Å². The van der Waals surface area contributed by atoms with E-state index in [0.717, 1.165) is 17.7 Å². The topological polar surface area (TPSA) is 59.2 Å². The van der Waals surface area contributed by atoms with Gasteiger partial charge in [0.25, 0.3) is 0 Å². The maximum atomic E-state index is 13.0. The van der Waals surface area contributed by atoms with E-state index in [1.54, 1.807) is 6.07 Å². The van der Waals surface area contributed by atoms with Crippen LogP contribution in [-0.2, 0) is 12.2 Å². The van der Waals surface area contributed by atoms with Gasteiger partial charge in [0.05, 0.1) is 18.3 Å². The van der Waals surface area contributed by atoms with Crippen LogP contribution in [0.4, 0.5) is 4.39 Å². The summed E-state index contributed by atoms with van der Waals surface area (Å²) in [7, 11) is 0. The summed E-state index contributed by atoms with van der Waals surface area (Å²) in [4.78, 5) is 5.04. The molecule has 4 nitrogen and oxygen atoms in total. The average Bonchev–Trinajstić information content (AvgIpc) is 2.84. The van der Waals surface area contributed by atoms with Crippen LogP contribution in [0.3, 0.4) is 0 Å². The van der Waals surface area contributed by atoms with E-state index in [1.165, 1.54) is 23.9 Å². The number of halogens is 1. The van der Waals surface area contributed by atoms with Gasteiger partial charge in [0.15, 0.2) is 5.82 Å². The van der Waals surface area contributed by atoms with Crippen molar-refractivity contribution >= 4 is 11.8 Å². The minimum Gasteiger partial charge on any atom is -0.393 e. The highest BCUT2D eigenvalue weighted by Crippen LogP contribution is 2.22. The van der Waals surface area contributed by atoms with Crippen molar-refractivity contribution in [1.29, 1.82) is 0 Å². The summed E-state index contributed by atoms with van der Waals surface area (Å²) < 4.78 is 18.1. The van der Waals surface area contributed by atoms with E-state index in [1.807, 2.05) is 13.0 Å². The predicted octanol–water partition coefficient (Wildman–Crippen LogP) is 3.20. The van der Waals surface area contributed by atoms with Crippen molar-refractivity contribution in [2.75, 3.05) is 0 Å². The summed E-state index contributed by atoms with van der Waals surface area (Å²) in [6, 6.07) is 6.38. The Morgan fingerprint density at radius 2 is 2.30 bits per heavy atom. The SMILES string of the molecule is CCCC(O)Cc1nc(CSc2cccc(F)c2)no1. The number of aromatic nitrogens is 2. The fourth-order valence-electron chi connectivity index (χ4n) is 1.77. The second-order valence-corrected chi connectivity index (χ2v) is 5.55. The Hall–Kier alpha value is -1.40. The number of rotatable bonds is 7. The van der Waals surface area contributed by atoms with Gasteiger partial charge >= 0.3 is 0 Å². The smallest absolute Gasteiger partial charge is 0.229 e. The second kappa shape index (κ2) is 7.40. The maximum absolute atomic E-state index is 13.0. The monoisotopic (exact) mass is 296 g/mol. The molecule has 0 radical (unpaired) electrons. The largest absolute Gasteiger partial charge is 0.393 e. The molecule has 1 atom stereocenters. The fraction of sp³-hybridized carbons (Fsp3) is 0.429. The molecule has 1 aromatic heterocycles. The molecule has 0 aliphatic carbocycles. The van der Waals surface area contributed by atoms with Gasteiger partial charge in [-0.2, -0.15) is 4.98 Å². The van der Waals surface area contributed by atoms with Gasteiger partial charge in [-0.05, 0) is 24.6 Å². The standard InChI is InChI=1S/C14H17FN2O2S/c1-2-4-11(18)8-14-16-13(17-19-14)9-20-12-6-3-5-10(15)7-12/h3,5-7,11,18H,2,4,8-9H2,1H3. The zero-order valence-electron chi connectivity index (χ0n) is 11.3. The number of nitrogens with zero attached hydrogens (tertiary/aromatic N) is 2. The number of hydrogen-bond donors (Lipinski definition) is 1. The number of benzene rings is 1. The molecular weight excluding hydrogens is 279 g/mol. The third-order valence-corrected chi connectivity index (χ3v) is 3.70.